The number of rotatable bonds is 3. The molecule has 0 amide bonds. The van der Waals surface area contributed by atoms with Crippen molar-refractivity contribution >= 4 is 5.69 Å². The third-order valence-electron chi connectivity index (χ3n) is 1.99. The van der Waals surface area contributed by atoms with Gasteiger partial charge in [-0.25, -0.2) is 0 Å². The van der Waals surface area contributed by atoms with Gasteiger partial charge in [0.05, 0.1) is 6.61 Å². The van der Waals surface area contributed by atoms with Crippen LogP contribution in [0.4, 0.5) is 5.69 Å². The first-order valence-corrected chi connectivity index (χ1v) is 5.56. The monoisotopic (exact) mass is 209 g/mol. The molecule has 2 heteroatoms. The van der Waals surface area contributed by atoms with Gasteiger partial charge in [-0.1, -0.05) is 19.9 Å². The fourth-order valence-corrected chi connectivity index (χ4v) is 1.18. The van der Waals surface area contributed by atoms with Gasteiger partial charge in [0, 0.05) is 25.8 Å². The van der Waals surface area contributed by atoms with Gasteiger partial charge in [0.1, 0.15) is 5.75 Å². The normalized spacial score (nSPS) is 8.93. The van der Waals surface area contributed by atoms with E-state index in [0.29, 0.717) is 0 Å². The molecule has 15 heavy (non-hydrogen) atoms. The minimum atomic E-state index is 0.720. The van der Waals surface area contributed by atoms with Crippen molar-refractivity contribution in [2.75, 3.05) is 25.6 Å². The Morgan fingerprint density at radius 2 is 1.80 bits per heavy atom. The summed E-state index contributed by atoms with van der Waals surface area (Å²) >= 11 is 0. The number of anilines is 1. The Bertz CT molecular complexity index is 282. The number of benzene rings is 1. The van der Waals surface area contributed by atoms with Crippen LogP contribution in [0, 0.1) is 6.92 Å². The second-order valence-electron chi connectivity index (χ2n) is 3.28. The van der Waals surface area contributed by atoms with Crippen LogP contribution in [-0.4, -0.2) is 20.7 Å². The summed E-state index contributed by atoms with van der Waals surface area (Å²) in [5.74, 6) is 0.980. The fraction of sp³-hybridized carbons (Fsp3) is 0.538. The van der Waals surface area contributed by atoms with Gasteiger partial charge in [0.2, 0.25) is 0 Å². The molecule has 0 bridgehead atoms. The summed E-state index contributed by atoms with van der Waals surface area (Å²) in [7, 11) is 4.06. The van der Waals surface area contributed by atoms with E-state index in [4.69, 9.17) is 4.74 Å². The van der Waals surface area contributed by atoms with Crippen LogP contribution in [-0.2, 0) is 0 Å². The van der Waals surface area contributed by atoms with Gasteiger partial charge >= 0.3 is 0 Å². The molecule has 0 fully saturated rings. The van der Waals surface area contributed by atoms with Crippen LogP contribution in [0.25, 0.3) is 0 Å². The molecule has 0 aliphatic heterocycles. The van der Waals surface area contributed by atoms with Crippen LogP contribution in [0.1, 0.15) is 26.3 Å². The fourth-order valence-electron chi connectivity index (χ4n) is 1.18. The van der Waals surface area contributed by atoms with Crippen molar-refractivity contribution in [2.45, 2.75) is 27.7 Å². The van der Waals surface area contributed by atoms with Gasteiger partial charge in [0.15, 0.2) is 0 Å². The third kappa shape index (κ3) is 4.24. The second-order valence-corrected chi connectivity index (χ2v) is 3.28. The minimum Gasteiger partial charge on any atom is -0.494 e. The van der Waals surface area contributed by atoms with Crippen LogP contribution in [0.2, 0.25) is 0 Å². The van der Waals surface area contributed by atoms with Crippen LogP contribution in [0.3, 0.4) is 0 Å². The van der Waals surface area contributed by atoms with E-state index in [1.165, 1.54) is 11.3 Å². The highest BCUT2D eigenvalue weighted by molar-refractivity contribution is 5.52. The molecular weight excluding hydrogens is 186 g/mol. The molecule has 0 unspecified atom stereocenters. The van der Waals surface area contributed by atoms with E-state index < -0.39 is 0 Å². The Hall–Kier alpha value is -1.18. The summed E-state index contributed by atoms with van der Waals surface area (Å²) in [6, 6.07) is 6.25. The summed E-state index contributed by atoms with van der Waals surface area (Å²) in [4.78, 5) is 2.07. The van der Waals surface area contributed by atoms with Gasteiger partial charge < -0.3 is 9.64 Å². The van der Waals surface area contributed by atoms with E-state index in [-0.39, 0.29) is 0 Å². The average molecular weight is 209 g/mol. The molecule has 86 valence electrons. The molecular formula is C13H23NO. The van der Waals surface area contributed by atoms with E-state index in [0.717, 1.165) is 12.4 Å². The van der Waals surface area contributed by atoms with E-state index in [9.17, 15) is 0 Å². The first kappa shape index (κ1) is 13.8. The van der Waals surface area contributed by atoms with Gasteiger partial charge in [-0.15, -0.1) is 0 Å². The van der Waals surface area contributed by atoms with Crippen molar-refractivity contribution < 1.29 is 4.74 Å². The van der Waals surface area contributed by atoms with E-state index in [2.05, 4.69) is 30.0 Å². The first-order valence-electron chi connectivity index (χ1n) is 5.56. The molecule has 0 spiro atoms. The van der Waals surface area contributed by atoms with E-state index in [1.807, 2.05) is 34.9 Å². The lowest BCUT2D eigenvalue weighted by molar-refractivity contribution is 0.338. The van der Waals surface area contributed by atoms with Crippen LogP contribution in [0.15, 0.2) is 18.2 Å². The number of aryl methyl sites for hydroxylation is 1. The molecule has 1 aromatic rings. The smallest absolute Gasteiger partial charge is 0.124 e. The summed E-state index contributed by atoms with van der Waals surface area (Å²) < 4.78 is 5.50. The zero-order chi connectivity index (χ0) is 11.8. The maximum atomic E-state index is 5.50. The van der Waals surface area contributed by atoms with Crippen molar-refractivity contribution in [2.24, 2.45) is 0 Å². The van der Waals surface area contributed by atoms with Gasteiger partial charge in [-0.05, 0) is 25.5 Å². The lowest BCUT2D eigenvalue weighted by Crippen LogP contribution is -2.08. The Balaban J connectivity index is 0.000000921. The van der Waals surface area contributed by atoms with Crippen LogP contribution in [0.5, 0.6) is 5.75 Å². The molecule has 0 aliphatic carbocycles. The molecule has 0 atom stereocenters. The van der Waals surface area contributed by atoms with E-state index >= 15 is 0 Å². The van der Waals surface area contributed by atoms with E-state index in [1.54, 1.807) is 0 Å². The number of hydrogen-bond acceptors (Lipinski definition) is 2. The zero-order valence-electron chi connectivity index (χ0n) is 10.8. The maximum absolute atomic E-state index is 5.50. The topological polar surface area (TPSA) is 12.5 Å². The molecule has 0 N–H and O–H groups in total. The van der Waals surface area contributed by atoms with Crippen molar-refractivity contribution in [3.05, 3.63) is 23.8 Å². The summed E-state index contributed by atoms with van der Waals surface area (Å²) in [5.41, 5.74) is 2.36. The highest BCUT2D eigenvalue weighted by atomic mass is 16.5. The lowest BCUT2D eigenvalue weighted by atomic mass is 10.2. The Morgan fingerprint density at radius 1 is 1.20 bits per heavy atom. The number of hydrogen-bond donors (Lipinski definition) is 0. The molecule has 0 heterocycles. The predicted molar refractivity (Wildman–Crippen MR) is 68.0 cm³/mol. The number of ether oxygens (including phenoxy) is 1. The van der Waals surface area contributed by atoms with Crippen molar-refractivity contribution in [3.8, 4) is 5.75 Å². The van der Waals surface area contributed by atoms with Crippen molar-refractivity contribution in [3.63, 3.8) is 0 Å². The minimum absolute atomic E-state index is 0.720. The van der Waals surface area contributed by atoms with Gasteiger partial charge in [-0.3, -0.25) is 0 Å². The average Bonchev–Trinajstić information content (AvgIpc) is 2.24. The molecule has 2 nitrogen and oxygen atoms in total. The highest BCUT2D eigenvalue weighted by Crippen LogP contribution is 2.23. The van der Waals surface area contributed by atoms with Crippen LogP contribution < -0.4 is 9.64 Å². The quantitative estimate of drug-likeness (QED) is 0.755. The second kappa shape index (κ2) is 7.16. The molecule has 0 aliphatic rings. The SMILES string of the molecule is CC.CCOc1cc(N(C)C)ccc1C. The predicted octanol–water partition coefficient (Wildman–Crippen LogP) is 3.49. The molecule has 0 radical (unpaired) electrons. The maximum Gasteiger partial charge on any atom is 0.124 e. The molecule has 0 saturated carbocycles. The molecule has 0 saturated heterocycles. The number of nitrogens with zero attached hydrogens (tertiary/aromatic N) is 1. The van der Waals surface area contributed by atoms with Gasteiger partial charge in [-0.2, -0.15) is 0 Å². The molecule has 1 rings (SSSR count). The van der Waals surface area contributed by atoms with Gasteiger partial charge in [0.25, 0.3) is 0 Å². The third-order valence-corrected chi connectivity index (χ3v) is 1.99. The Morgan fingerprint density at radius 3 is 2.27 bits per heavy atom. The largest absolute Gasteiger partial charge is 0.494 e. The molecule has 1 aromatic carbocycles. The highest BCUT2D eigenvalue weighted by Gasteiger charge is 2.01. The molecule has 0 aromatic heterocycles. The standard InChI is InChI=1S/C11H17NO.C2H6/c1-5-13-11-8-10(12(3)4)7-6-9(11)2;1-2/h6-8H,5H2,1-4H3;1-2H3. The Labute approximate surface area is 93.9 Å². The van der Waals surface area contributed by atoms with Crippen LogP contribution >= 0.6 is 0 Å². The zero-order valence-corrected chi connectivity index (χ0v) is 10.8. The first-order chi connectivity index (χ1) is 7.15. The van der Waals surface area contributed by atoms with Crippen molar-refractivity contribution in [1.82, 2.24) is 0 Å². The summed E-state index contributed by atoms with van der Waals surface area (Å²) in [6.07, 6.45) is 0. The Kier molecular flexibility index (Phi) is 6.59. The van der Waals surface area contributed by atoms with Crippen molar-refractivity contribution in [1.29, 1.82) is 0 Å². The lowest BCUT2D eigenvalue weighted by Gasteiger charge is -2.15. The summed E-state index contributed by atoms with van der Waals surface area (Å²) in [5, 5.41) is 0. The summed E-state index contributed by atoms with van der Waals surface area (Å²) in [6.45, 7) is 8.78.